The zero-order valence-corrected chi connectivity index (χ0v) is 19.8. The quantitative estimate of drug-likeness (QED) is 0.345. The normalized spacial score (nSPS) is 22.8. The molecule has 3 heterocycles. The predicted octanol–water partition coefficient (Wildman–Crippen LogP) is 4.37. The van der Waals surface area contributed by atoms with Gasteiger partial charge >= 0.3 is 6.08 Å². The Bertz CT molecular complexity index is 1310. The molecule has 188 valence electrons. The van der Waals surface area contributed by atoms with E-state index >= 15 is 4.39 Å². The largest absolute Gasteiger partial charge is 0.382 e. The van der Waals surface area contributed by atoms with Gasteiger partial charge in [0.1, 0.15) is 12.4 Å². The molecule has 1 aliphatic rings. The van der Waals surface area contributed by atoms with Crippen molar-refractivity contribution in [3.8, 4) is 0 Å². The van der Waals surface area contributed by atoms with E-state index in [4.69, 9.17) is 19.9 Å². The Morgan fingerprint density at radius 2 is 1.75 bits per heavy atom. The van der Waals surface area contributed by atoms with Gasteiger partial charge in [-0.05, 0) is 18.1 Å². The fourth-order valence-corrected chi connectivity index (χ4v) is 4.53. The molecule has 0 bridgehead atoms. The van der Waals surface area contributed by atoms with Gasteiger partial charge in [-0.3, -0.25) is 4.57 Å². The fraction of sp³-hybridized carbons (Fsp3) is 0.346. The third-order valence-corrected chi connectivity index (χ3v) is 6.45. The molecule has 4 aromatic rings. The van der Waals surface area contributed by atoms with E-state index in [2.05, 4.69) is 15.0 Å². The van der Waals surface area contributed by atoms with E-state index in [9.17, 15) is 4.39 Å². The molecule has 8 nitrogen and oxygen atoms in total. The maximum Gasteiger partial charge on any atom is 0.312 e. The number of ether oxygens (including phenoxy) is 3. The summed E-state index contributed by atoms with van der Waals surface area (Å²) in [5, 5.41) is 0. The van der Waals surface area contributed by atoms with Crippen molar-refractivity contribution in [1.82, 2.24) is 19.5 Å². The zero-order chi connectivity index (χ0) is 25.1. The highest BCUT2D eigenvalue weighted by Crippen LogP contribution is 2.43. The molecule has 0 radical (unpaired) electrons. The van der Waals surface area contributed by atoms with Crippen molar-refractivity contribution in [1.29, 1.82) is 0 Å². The summed E-state index contributed by atoms with van der Waals surface area (Å²) in [4.78, 5) is 11.6. The molecular formula is C26H27F2N5O3. The molecule has 0 spiro atoms. The summed E-state index contributed by atoms with van der Waals surface area (Å²) < 4.78 is 49.5. The molecule has 2 aromatic carbocycles. The monoisotopic (exact) mass is 495 g/mol. The number of aromatic nitrogens is 4. The first kappa shape index (κ1) is 24.2. The molecule has 5 rings (SSSR count). The third-order valence-electron chi connectivity index (χ3n) is 6.45. The van der Waals surface area contributed by atoms with Crippen molar-refractivity contribution < 1.29 is 23.0 Å². The minimum atomic E-state index is -1.44. The van der Waals surface area contributed by atoms with Crippen molar-refractivity contribution in [3.05, 3.63) is 84.2 Å². The predicted molar refractivity (Wildman–Crippen MR) is 129 cm³/mol. The van der Waals surface area contributed by atoms with Crippen LogP contribution in [0.25, 0.3) is 11.2 Å². The number of hydrogen-bond donors (Lipinski definition) is 1. The summed E-state index contributed by atoms with van der Waals surface area (Å²) in [5.41, 5.74) is 6.72. The molecule has 0 aliphatic carbocycles. The van der Waals surface area contributed by atoms with Crippen LogP contribution in [-0.2, 0) is 27.4 Å². The minimum absolute atomic E-state index is 0.0480. The number of benzene rings is 2. The second-order valence-corrected chi connectivity index (χ2v) is 8.84. The number of halogens is 2. The topological polar surface area (TPSA) is 97.3 Å². The van der Waals surface area contributed by atoms with Crippen molar-refractivity contribution >= 4 is 17.0 Å². The molecule has 1 unspecified atom stereocenters. The maximum atomic E-state index is 15.4. The van der Waals surface area contributed by atoms with Crippen molar-refractivity contribution in [2.45, 2.75) is 50.7 Å². The van der Waals surface area contributed by atoms with Crippen LogP contribution < -0.4 is 5.73 Å². The highest BCUT2D eigenvalue weighted by atomic mass is 19.1. The van der Waals surface area contributed by atoms with Crippen LogP contribution in [0.1, 0.15) is 30.7 Å². The Morgan fingerprint density at radius 3 is 2.42 bits per heavy atom. The highest BCUT2D eigenvalue weighted by molar-refractivity contribution is 5.81. The second-order valence-electron chi connectivity index (χ2n) is 8.84. The van der Waals surface area contributed by atoms with Crippen LogP contribution in [0.2, 0.25) is 0 Å². The molecule has 1 aliphatic heterocycles. The van der Waals surface area contributed by atoms with E-state index in [-0.39, 0.29) is 43.2 Å². The Labute approximate surface area is 207 Å². The van der Waals surface area contributed by atoms with E-state index in [1.165, 1.54) is 17.8 Å². The summed E-state index contributed by atoms with van der Waals surface area (Å²) in [6.07, 6.45) is -2.11. The van der Waals surface area contributed by atoms with E-state index in [0.717, 1.165) is 11.1 Å². The van der Waals surface area contributed by atoms with Gasteiger partial charge in [0.25, 0.3) is 0 Å². The van der Waals surface area contributed by atoms with Gasteiger partial charge in [-0.1, -0.05) is 60.7 Å². The summed E-state index contributed by atoms with van der Waals surface area (Å²) in [7, 11) is 0. The number of nitrogens with two attached hydrogens (primary N) is 1. The van der Waals surface area contributed by atoms with Gasteiger partial charge in [-0.25, -0.2) is 9.37 Å². The summed E-state index contributed by atoms with van der Waals surface area (Å²) in [6.45, 7) is 1.94. The second kappa shape index (κ2) is 10.3. The molecule has 36 heavy (non-hydrogen) atoms. The lowest BCUT2D eigenvalue weighted by Gasteiger charge is -2.35. The first-order valence-electron chi connectivity index (χ1n) is 11.7. The molecule has 10 heteroatoms. The SMILES string of the molecule is CC(F)[C@]1(COCc2ccccc2)O[C@@H](n2cnc3c(N)nc(F)nc32)C[C@@H]1OCc1ccccc1. The van der Waals surface area contributed by atoms with E-state index < -0.39 is 30.2 Å². The molecule has 4 atom stereocenters. The molecular weight excluding hydrogens is 468 g/mol. The van der Waals surface area contributed by atoms with Gasteiger partial charge in [0, 0.05) is 6.42 Å². The zero-order valence-electron chi connectivity index (χ0n) is 19.8. The van der Waals surface area contributed by atoms with Crippen LogP contribution in [-0.4, -0.2) is 44.0 Å². The standard InChI is InChI=1S/C26H27F2N5O3/c1-17(27)26(15-34-13-18-8-4-2-5-9-18)20(35-14-19-10-6-3-7-11-19)12-21(36-26)33-16-30-22-23(29)31-25(28)32-24(22)33/h2-11,16-17,20-21H,12-15H2,1H3,(H2,29,31,32)/t17?,20-,21+,26-/m0/s1. The van der Waals surface area contributed by atoms with E-state index in [1.54, 1.807) is 0 Å². The number of alkyl halides is 1. The molecule has 1 fully saturated rings. The first-order chi connectivity index (χ1) is 17.5. The van der Waals surface area contributed by atoms with Crippen LogP contribution in [0.5, 0.6) is 0 Å². The van der Waals surface area contributed by atoms with Crippen LogP contribution in [0.15, 0.2) is 67.0 Å². The molecule has 1 saturated heterocycles. The van der Waals surface area contributed by atoms with E-state index in [0.29, 0.717) is 0 Å². The lowest BCUT2D eigenvalue weighted by Crippen LogP contribution is -2.52. The Balaban J connectivity index is 1.43. The van der Waals surface area contributed by atoms with E-state index in [1.807, 2.05) is 60.7 Å². The minimum Gasteiger partial charge on any atom is -0.382 e. The number of fused-ring (bicyclic) bond motifs is 1. The summed E-state index contributed by atoms with van der Waals surface area (Å²) >= 11 is 0. The van der Waals surface area contributed by atoms with Crippen LogP contribution in [0, 0.1) is 6.08 Å². The Kier molecular flexibility index (Phi) is 6.90. The third kappa shape index (κ3) is 4.79. The van der Waals surface area contributed by atoms with Gasteiger partial charge in [-0.15, -0.1) is 0 Å². The average Bonchev–Trinajstić information content (AvgIpc) is 3.46. The molecule has 0 amide bonds. The van der Waals surface area contributed by atoms with Gasteiger partial charge < -0.3 is 19.9 Å². The number of anilines is 1. The summed E-state index contributed by atoms with van der Waals surface area (Å²) in [6, 6.07) is 19.2. The van der Waals surface area contributed by atoms with Gasteiger partial charge in [-0.2, -0.15) is 14.4 Å². The maximum absolute atomic E-state index is 15.4. The molecule has 2 N–H and O–H groups in total. The molecule has 0 saturated carbocycles. The average molecular weight is 496 g/mol. The van der Waals surface area contributed by atoms with Crippen LogP contribution in [0.3, 0.4) is 0 Å². The van der Waals surface area contributed by atoms with Crippen molar-refractivity contribution in [3.63, 3.8) is 0 Å². The number of nitrogen functional groups attached to an aromatic ring is 1. The highest BCUT2D eigenvalue weighted by Gasteiger charge is 2.55. The van der Waals surface area contributed by atoms with Crippen molar-refractivity contribution in [2.75, 3.05) is 12.3 Å². The van der Waals surface area contributed by atoms with Crippen LogP contribution in [0.4, 0.5) is 14.6 Å². The first-order valence-corrected chi connectivity index (χ1v) is 11.7. The van der Waals surface area contributed by atoms with Crippen LogP contribution >= 0.6 is 0 Å². The summed E-state index contributed by atoms with van der Waals surface area (Å²) in [5.74, 6) is -0.0811. The lowest BCUT2D eigenvalue weighted by molar-refractivity contribution is -0.184. The Hall–Kier alpha value is -3.47. The number of nitrogens with zero attached hydrogens (tertiary/aromatic N) is 4. The smallest absolute Gasteiger partial charge is 0.312 e. The lowest BCUT2D eigenvalue weighted by atomic mass is 9.92. The van der Waals surface area contributed by atoms with Gasteiger partial charge in [0.05, 0.1) is 32.3 Å². The number of imidazole rings is 1. The van der Waals surface area contributed by atoms with Gasteiger partial charge in [0.15, 0.2) is 22.6 Å². The number of hydrogen-bond acceptors (Lipinski definition) is 7. The number of rotatable bonds is 9. The van der Waals surface area contributed by atoms with Gasteiger partial charge in [0.2, 0.25) is 0 Å². The fourth-order valence-electron chi connectivity index (χ4n) is 4.53. The Morgan fingerprint density at radius 1 is 1.08 bits per heavy atom. The van der Waals surface area contributed by atoms with Crippen molar-refractivity contribution in [2.24, 2.45) is 0 Å². The molecule has 2 aromatic heterocycles.